The van der Waals surface area contributed by atoms with E-state index in [1.807, 2.05) is 25.2 Å². The summed E-state index contributed by atoms with van der Waals surface area (Å²) in [6, 6.07) is 0.637. The lowest BCUT2D eigenvalue weighted by Gasteiger charge is -2.15. The van der Waals surface area contributed by atoms with Gasteiger partial charge >= 0.3 is 0 Å². The van der Waals surface area contributed by atoms with E-state index in [-0.39, 0.29) is 0 Å². The molecule has 0 amide bonds. The monoisotopic (exact) mass is 222 g/mol. The van der Waals surface area contributed by atoms with Crippen molar-refractivity contribution in [1.29, 1.82) is 0 Å². The zero-order valence-corrected chi connectivity index (χ0v) is 10.7. The molecule has 1 aliphatic rings. The molecule has 1 heterocycles. The van der Waals surface area contributed by atoms with E-state index in [4.69, 9.17) is 0 Å². The van der Waals surface area contributed by atoms with Crippen molar-refractivity contribution in [2.24, 2.45) is 13.0 Å². The van der Waals surface area contributed by atoms with Crippen LogP contribution >= 0.6 is 0 Å². The van der Waals surface area contributed by atoms with Crippen LogP contribution in [0, 0.1) is 5.92 Å². The van der Waals surface area contributed by atoms with Gasteiger partial charge in [-0.05, 0) is 25.7 Å². The van der Waals surface area contributed by atoms with Gasteiger partial charge in [0.05, 0.1) is 11.9 Å². The second-order valence-corrected chi connectivity index (χ2v) is 5.01. The Morgan fingerprint density at radius 3 is 2.75 bits per heavy atom. The zero-order valence-electron chi connectivity index (χ0n) is 10.7. The normalized spacial score (nSPS) is 17.5. The molecule has 0 spiro atoms. The Morgan fingerprint density at radius 1 is 1.56 bits per heavy atom. The predicted molar refractivity (Wildman–Crippen MR) is 66.6 cm³/mol. The van der Waals surface area contributed by atoms with Crippen molar-refractivity contribution in [2.75, 3.05) is 19.0 Å². The third-order valence-electron chi connectivity index (χ3n) is 3.39. The first kappa shape index (κ1) is 11.5. The highest BCUT2D eigenvalue weighted by Crippen LogP contribution is 2.32. The van der Waals surface area contributed by atoms with Crippen molar-refractivity contribution >= 4 is 5.95 Å². The van der Waals surface area contributed by atoms with Crippen LogP contribution in [0.2, 0.25) is 0 Å². The number of hydrogen-bond acceptors (Lipinski definition) is 3. The van der Waals surface area contributed by atoms with Crippen LogP contribution in [0.15, 0.2) is 6.20 Å². The maximum atomic E-state index is 4.40. The second kappa shape index (κ2) is 4.45. The molecule has 4 heteroatoms. The van der Waals surface area contributed by atoms with E-state index in [2.05, 4.69) is 28.8 Å². The number of nitrogens with zero attached hydrogens (tertiary/aromatic N) is 3. The molecule has 1 atom stereocenters. The Balaban J connectivity index is 1.93. The van der Waals surface area contributed by atoms with Crippen molar-refractivity contribution in [2.45, 2.75) is 32.4 Å². The molecule has 90 valence electrons. The van der Waals surface area contributed by atoms with E-state index in [1.165, 1.54) is 18.5 Å². The Kier molecular flexibility index (Phi) is 3.19. The minimum absolute atomic E-state index is 0.637. The number of rotatable bonds is 5. The molecule has 0 aliphatic heterocycles. The average Bonchev–Trinajstić information content (AvgIpc) is 3.00. The van der Waals surface area contributed by atoms with Crippen molar-refractivity contribution in [3.8, 4) is 0 Å². The number of hydrogen-bond donors (Lipinski definition) is 1. The summed E-state index contributed by atoms with van der Waals surface area (Å²) in [7, 11) is 6.11. The standard InChI is InChI=1S/C12H22N4/c1-9(10-5-6-10)13-7-11-8-14-12(15(2)3)16(11)4/h8-10,13H,5-7H2,1-4H3. The van der Waals surface area contributed by atoms with Crippen LogP contribution in [-0.2, 0) is 13.6 Å². The topological polar surface area (TPSA) is 33.1 Å². The molecular formula is C12H22N4. The van der Waals surface area contributed by atoms with E-state index >= 15 is 0 Å². The Labute approximate surface area is 97.7 Å². The summed E-state index contributed by atoms with van der Waals surface area (Å²) < 4.78 is 2.15. The summed E-state index contributed by atoms with van der Waals surface area (Å²) in [4.78, 5) is 6.44. The molecule has 1 aliphatic carbocycles. The van der Waals surface area contributed by atoms with Gasteiger partial charge in [0.25, 0.3) is 0 Å². The highest BCUT2D eigenvalue weighted by molar-refractivity contribution is 5.30. The predicted octanol–water partition coefficient (Wildman–Crippen LogP) is 1.37. The fourth-order valence-corrected chi connectivity index (χ4v) is 2.04. The third-order valence-corrected chi connectivity index (χ3v) is 3.39. The van der Waals surface area contributed by atoms with Crippen molar-refractivity contribution in [3.63, 3.8) is 0 Å². The second-order valence-electron chi connectivity index (χ2n) is 5.01. The van der Waals surface area contributed by atoms with Gasteiger partial charge in [0.2, 0.25) is 5.95 Å². The Bertz CT molecular complexity index is 352. The molecule has 4 nitrogen and oxygen atoms in total. The van der Waals surface area contributed by atoms with Gasteiger partial charge in [-0.1, -0.05) is 0 Å². The summed E-state index contributed by atoms with van der Waals surface area (Å²) in [5, 5.41) is 3.57. The van der Waals surface area contributed by atoms with E-state index in [0.29, 0.717) is 6.04 Å². The van der Waals surface area contributed by atoms with Gasteiger partial charge in [-0.3, -0.25) is 0 Å². The highest BCUT2D eigenvalue weighted by atomic mass is 15.3. The van der Waals surface area contributed by atoms with Gasteiger partial charge in [-0.25, -0.2) is 4.98 Å². The maximum Gasteiger partial charge on any atom is 0.204 e. The van der Waals surface area contributed by atoms with Crippen LogP contribution in [0.1, 0.15) is 25.5 Å². The summed E-state index contributed by atoms with van der Waals surface area (Å²) in [5.41, 5.74) is 1.25. The van der Waals surface area contributed by atoms with Crippen LogP contribution in [0.3, 0.4) is 0 Å². The number of imidazole rings is 1. The highest BCUT2D eigenvalue weighted by Gasteiger charge is 2.27. The first-order chi connectivity index (χ1) is 7.59. The van der Waals surface area contributed by atoms with E-state index in [0.717, 1.165) is 18.4 Å². The molecule has 1 unspecified atom stereocenters. The van der Waals surface area contributed by atoms with Crippen LogP contribution in [0.5, 0.6) is 0 Å². The number of aromatic nitrogens is 2. The lowest BCUT2D eigenvalue weighted by molar-refractivity contribution is 0.487. The Morgan fingerprint density at radius 2 is 2.25 bits per heavy atom. The molecule has 1 aromatic heterocycles. The van der Waals surface area contributed by atoms with Crippen molar-refractivity contribution < 1.29 is 0 Å². The van der Waals surface area contributed by atoms with Crippen LogP contribution in [0.25, 0.3) is 0 Å². The first-order valence-electron chi connectivity index (χ1n) is 6.01. The molecule has 0 bridgehead atoms. The summed E-state index contributed by atoms with van der Waals surface area (Å²) >= 11 is 0. The molecule has 0 aromatic carbocycles. The SMILES string of the molecule is CC(NCc1cnc(N(C)C)n1C)C1CC1. The van der Waals surface area contributed by atoms with Crippen LogP contribution in [-0.4, -0.2) is 29.7 Å². The lowest BCUT2D eigenvalue weighted by atomic mass is 10.2. The molecule has 0 radical (unpaired) electrons. The third kappa shape index (κ3) is 2.38. The van der Waals surface area contributed by atoms with Gasteiger partial charge < -0.3 is 14.8 Å². The number of anilines is 1. The van der Waals surface area contributed by atoms with E-state index in [9.17, 15) is 0 Å². The molecule has 1 saturated carbocycles. The minimum Gasteiger partial charge on any atom is -0.348 e. The van der Waals surface area contributed by atoms with Gasteiger partial charge in [0.15, 0.2) is 0 Å². The fraction of sp³-hybridized carbons (Fsp3) is 0.750. The summed E-state index contributed by atoms with van der Waals surface area (Å²) in [6.45, 7) is 3.19. The average molecular weight is 222 g/mol. The lowest BCUT2D eigenvalue weighted by Crippen LogP contribution is -2.28. The zero-order chi connectivity index (χ0) is 11.7. The Hall–Kier alpha value is -1.03. The summed E-state index contributed by atoms with van der Waals surface area (Å²) in [5.74, 6) is 1.91. The fourth-order valence-electron chi connectivity index (χ4n) is 2.04. The van der Waals surface area contributed by atoms with E-state index < -0.39 is 0 Å². The maximum absolute atomic E-state index is 4.40. The van der Waals surface area contributed by atoms with Crippen LogP contribution in [0.4, 0.5) is 5.95 Å². The van der Waals surface area contributed by atoms with Gasteiger partial charge in [-0.2, -0.15) is 0 Å². The quantitative estimate of drug-likeness (QED) is 0.817. The van der Waals surface area contributed by atoms with Gasteiger partial charge in [0.1, 0.15) is 0 Å². The van der Waals surface area contributed by atoms with E-state index in [1.54, 1.807) is 0 Å². The minimum atomic E-state index is 0.637. The first-order valence-corrected chi connectivity index (χ1v) is 6.01. The largest absolute Gasteiger partial charge is 0.348 e. The smallest absolute Gasteiger partial charge is 0.204 e. The van der Waals surface area contributed by atoms with Crippen molar-refractivity contribution in [3.05, 3.63) is 11.9 Å². The molecule has 0 saturated heterocycles. The molecule has 2 rings (SSSR count). The molecule has 16 heavy (non-hydrogen) atoms. The molecular weight excluding hydrogens is 200 g/mol. The van der Waals surface area contributed by atoms with Gasteiger partial charge in [0, 0.05) is 33.7 Å². The van der Waals surface area contributed by atoms with Gasteiger partial charge in [-0.15, -0.1) is 0 Å². The number of nitrogens with one attached hydrogen (secondary N) is 1. The summed E-state index contributed by atoms with van der Waals surface area (Å²) in [6.07, 6.45) is 4.74. The van der Waals surface area contributed by atoms with Crippen molar-refractivity contribution in [1.82, 2.24) is 14.9 Å². The molecule has 1 fully saturated rings. The van der Waals surface area contributed by atoms with Crippen LogP contribution < -0.4 is 10.2 Å². The molecule has 1 aromatic rings. The molecule has 1 N–H and O–H groups in total.